The van der Waals surface area contributed by atoms with E-state index in [2.05, 4.69) is 58.3 Å². The summed E-state index contributed by atoms with van der Waals surface area (Å²) in [6, 6.07) is 19.0. The largest absolute Gasteiger partial charge is 0.372 e. The summed E-state index contributed by atoms with van der Waals surface area (Å²) in [5.41, 5.74) is 6.18. The molecule has 5 rings (SSSR count). The first-order chi connectivity index (χ1) is 12.4. The van der Waals surface area contributed by atoms with E-state index in [0.29, 0.717) is 6.04 Å². The second kappa shape index (κ2) is 6.49. The zero-order chi connectivity index (χ0) is 16.6. The van der Waals surface area contributed by atoms with Gasteiger partial charge >= 0.3 is 0 Å². The van der Waals surface area contributed by atoms with Crippen LogP contribution < -0.4 is 4.90 Å². The van der Waals surface area contributed by atoms with Gasteiger partial charge in [-0.05, 0) is 73.4 Å². The fourth-order valence-electron chi connectivity index (χ4n) is 5.20. The minimum atomic E-state index is 0.624. The molecule has 2 aromatic rings. The molecule has 2 atom stereocenters. The third-order valence-electron chi connectivity index (χ3n) is 6.53. The van der Waals surface area contributed by atoms with Crippen LogP contribution in [0, 0.1) is 0 Å². The molecule has 0 amide bonds. The average Bonchev–Trinajstić information content (AvgIpc) is 2.98. The number of anilines is 1. The second-order valence-electron chi connectivity index (χ2n) is 8.05. The standard InChI is InChI=1S/C23H28N2/c1-3-7-18(8-4-1)17-25-14-11-19-15-23(25)22-16-20(9-10-21(19)22)24-12-5-2-6-13-24/h1,3-4,7-10,16,19,23H,2,5-6,11-15,17H2/t19-,23-/m1/s1. The molecule has 2 fully saturated rings. The third kappa shape index (κ3) is 2.87. The number of likely N-dealkylation sites (tertiary alicyclic amines) is 1. The number of nitrogens with zero attached hydrogens (tertiary/aromatic N) is 2. The molecule has 2 bridgehead atoms. The summed E-state index contributed by atoms with van der Waals surface area (Å²) in [6.07, 6.45) is 6.74. The van der Waals surface area contributed by atoms with Gasteiger partial charge in [0.2, 0.25) is 0 Å². The predicted octanol–water partition coefficient (Wildman–Crippen LogP) is 5.11. The average molecular weight is 332 g/mol. The van der Waals surface area contributed by atoms with E-state index in [1.165, 1.54) is 63.0 Å². The monoisotopic (exact) mass is 332 g/mol. The van der Waals surface area contributed by atoms with Crippen molar-refractivity contribution in [2.75, 3.05) is 24.5 Å². The van der Waals surface area contributed by atoms with Crippen LogP contribution in [0.15, 0.2) is 48.5 Å². The van der Waals surface area contributed by atoms with Gasteiger partial charge in [-0.1, -0.05) is 36.4 Å². The van der Waals surface area contributed by atoms with Crippen molar-refractivity contribution in [3.8, 4) is 0 Å². The van der Waals surface area contributed by atoms with Gasteiger partial charge in [0.1, 0.15) is 0 Å². The van der Waals surface area contributed by atoms with Crippen molar-refractivity contribution in [2.45, 2.75) is 50.6 Å². The summed E-state index contributed by atoms with van der Waals surface area (Å²) in [4.78, 5) is 5.32. The van der Waals surface area contributed by atoms with E-state index in [9.17, 15) is 0 Å². The van der Waals surface area contributed by atoms with Gasteiger partial charge in [-0.3, -0.25) is 4.90 Å². The normalized spacial score (nSPS) is 25.8. The van der Waals surface area contributed by atoms with Crippen molar-refractivity contribution in [3.63, 3.8) is 0 Å². The molecule has 0 N–H and O–H groups in total. The van der Waals surface area contributed by atoms with Gasteiger partial charge in [0.15, 0.2) is 0 Å². The van der Waals surface area contributed by atoms with Gasteiger partial charge in [-0.2, -0.15) is 0 Å². The Kier molecular flexibility index (Phi) is 4.01. The molecule has 25 heavy (non-hydrogen) atoms. The maximum atomic E-state index is 2.72. The summed E-state index contributed by atoms with van der Waals surface area (Å²) in [7, 11) is 0. The van der Waals surface area contributed by atoms with Gasteiger partial charge in [-0.15, -0.1) is 0 Å². The van der Waals surface area contributed by atoms with Gasteiger partial charge in [0, 0.05) is 31.4 Å². The maximum Gasteiger partial charge on any atom is 0.0369 e. The Morgan fingerprint density at radius 1 is 0.840 bits per heavy atom. The van der Waals surface area contributed by atoms with Crippen molar-refractivity contribution in [2.24, 2.45) is 0 Å². The highest BCUT2D eigenvalue weighted by Crippen LogP contribution is 2.50. The minimum Gasteiger partial charge on any atom is -0.372 e. The van der Waals surface area contributed by atoms with Crippen molar-refractivity contribution >= 4 is 5.69 Å². The highest BCUT2D eigenvalue weighted by atomic mass is 15.2. The molecule has 0 radical (unpaired) electrons. The molecule has 2 nitrogen and oxygen atoms in total. The minimum absolute atomic E-state index is 0.624. The summed E-state index contributed by atoms with van der Waals surface area (Å²) in [6.45, 7) is 4.80. The fourth-order valence-corrected chi connectivity index (χ4v) is 5.20. The number of hydrogen-bond donors (Lipinski definition) is 0. The molecule has 2 aromatic carbocycles. The first-order valence-corrected chi connectivity index (χ1v) is 10.1. The van der Waals surface area contributed by atoms with E-state index < -0.39 is 0 Å². The quantitative estimate of drug-likeness (QED) is 0.770. The molecular weight excluding hydrogens is 304 g/mol. The SMILES string of the molecule is c1ccc(CN2CC[C@@H]3C[C@@H]2c2cc(N4CCCCC4)ccc23)cc1. The van der Waals surface area contributed by atoms with E-state index in [-0.39, 0.29) is 0 Å². The molecule has 3 aliphatic rings. The Hall–Kier alpha value is -1.80. The van der Waals surface area contributed by atoms with E-state index in [0.717, 1.165) is 12.5 Å². The zero-order valence-corrected chi connectivity index (χ0v) is 15.0. The van der Waals surface area contributed by atoms with Crippen LogP contribution in [-0.2, 0) is 6.54 Å². The first kappa shape index (κ1) is 15.5. The van der Waals surface area contributed by atoms with Crippen LogP contribution in [0.3, 0.4) is 0 Å². The molecule has 2 aliphatic heterocycles. The van der Waals surface area contributed by atoms with Crippen molar-refractivity contribution in [1.82, 2.24) is 4.90 Å². The molecule has 2 saturated heterocycles. The highest BCUT2D eigenvalue weighted by molar-refractivity contribution is 5.55. The molecule has 0 aromatic heterocycles. The highest BCUT2D eigenvalue weighted by Gasteiger charge is 2.38. The summed E-state index contributed by atoms with van der Waals surface area (Å²) >= 11 is 0. The van der Waals surface area contributed by atoms with Gasteiger partial charge in [-0.25, -0.2) is 0 Å². The molecule has 0 spiro atoms. The Bertz CT molecular complexity index is 733. The van der Waals surface area contributed by atoms with Crippen molar-refractivity contribution < 1.29 is 0 Å². The molecular formula is C23H28N2. The summed E-state index contributed by atoms with van der Waals surface area (Å²) in [5.74, 6) is 0.794. The summed E-state index contributed by atoms with van der Waals surface area (Å²) < 4.78 is 0. The lowest BCUT2D eigenvalue weighted by Crippen LogP contribution is -2.32. The Morgan fingerprint density at radius 3 is 2.52 bits per heavy atom. The van der Waals surface area contributed by atoms with Crippen LogP contribution in [-0.4, -0.2) is 24.5 Å². The summed E-state index contributed by atoms with van der Waals surface area (Å²) in [5, 5.41) is 0. The Labute approximate surface area is 151 Å². The van der Waals surface area contributed by atoms with Gasteiger partial charge in [0.05, 0.1) is 0 Å². The lowest BCUT2D eigenvalue weighted by Gasteiger charge is -2.34. The van der Waals surface area contributed by atoms with Crippen LogP contribution in [0.1, 0.15) is 60.8 Å². The zero-order valence-electron chi connectivity index (χ0n) is 15.0. The first-order valence-electron chi connectivity index (χ1n) is 10.1. The molecule has 130 valence electrons. The van der Waals surface area contributed by atoms with Crippen LogP contribution in [0.2, 0.25) is 0 Å². The predicted molar refractivity (Wildman–Crippen MR) is 104 cm³/mol. The Morgan fingerprint density at radius 2 is 1.68 bits per heavy atom. The topological polar surface area (TPSA) is 6.48 Å². The van der Waals surface area contributed by atoms with Gasteiger partial charge in [0.25, 0.3) is 0 Å². The van der Waals surface area contributed by atoms with Crippen molar-refractivity contribution in [1.29, 1.82) is 0 Å². The Balaban J connectivity index is 1.42. The smallest absolute Gasteiger partial charge is 0.0369 e. The van der Waals surface area contributed by atoms with Gasteiger partial charge < -0.3 is 4.90 Å². The van der Waals surface area contributed by atoms with E-state index in [4.69, 9.17) is 0 Å². The third-order valence-corrected chi connectivity index (χ3v) is 6.53. The van der Waals surface area contributed by atoms with E-state index >= 15 is 0 Å². The lowest BCUT2D eigenvalue weighted by atomic mass is 9.95. The fraction of sp³-hybridized carbons (Fsp3) is 0.478. The molecule has 2 heterocycles. The number of rotatable bonds is 3. The molecule has 0 saturated carbocycles. The maximum absolute atomic E-state index is 2.72. The molecule has 2 heteroatoms. The second-order valence-corrected chi connectivity index (χ2v) is 8.05. The molecule has 0 unspecified atom stereocenters. The molecule has 1 aliphatic carbocycles. The number of hydrogen-bond acceptors (Lipinski definition) is 2. The van der Waals surface area contributed by atoms with Crippen molar-refractivity contribution in [3.05, 3.63) is 65.2 Å². The van der Waals surface area contributed by atoms with Crippen LogP contribution >= 0.6 is 0 Å². The van der Waals surface area contributed by atoms with Crippen LogP contribution in [0.25, 0.3) is 0 Å². The number of piperidine rings is 2. The lowest BCUT2D eigenvalue weighted by molar-refractivity contribution is 0.145. The number of fused-ring (bicyclic) bond motifs is 5. The van der Waals surface area contributed by atoms with Crippen LogP contribution in [0.4, 0.5) is 5.69 Å². The van der Waals surface area contributed by atoms with E-state index in [1.807, 2.05) is 0 Å². The van der Waals surface area contributed by atoms with E-state index in [1.54, 1.807) is 11.1 Å². The van der Waals surface area contributed by atoms with Crippen LogP contribution in [0.5, 0.6) is 0 Å². The number of benzene rings is 2.